The molecule has 0 aliphatic carbocycles. The van der Waals surface area contributed by atoms with E-state index in [-0.39, 0.29) is 24.1 Å². The molecule has 1 unspecified atom stereocenters. The van der Waals surface area contributed by atoms with Crippen LogP contribution in [0.4, 0.5) is 17.2 Å². The molecule has 0 saturated carbocycles. The number of amides is 3. The third-order valence-electron chi connectivity index (χ3n) is 5.15. The van der Waals surface area contributed by atoms with Crippen molar-refractivity contribution in [2.45, 2.75) is 26.3 Å². The molecular weight excluding hydrogens is 410 g/mol. The lowest BCUT2D eigenvalue weighted by atomic mass is 10.1. The van der Waals surface area contributed by atoms with Crippen LogP contribution in [0.5, 0.6) is 5.75 Å². The Kier molecular flexibility index (Phi) is 5.63. The Hall–Kier alpha value is -4.14. The highest BCUT2D eigenvalue weighted by Crippen LogP contribution is 2.39. The number of carbonyl (C=O) groups excluding carboxylic acids is 3. The predicted molar refractivity (Wildman–Crippen MR) is 121 cm³/mol. The fourth-order valence-corrected chi connectivity index (χ4v) is 3.74. The average molecular weight is 433 g/mol. The van der Waals surface area contributed by atoms with Crippen molar-refractivity contribution in [1.29, 1.82) is 0 Å². The number of carbonyl (C=O) groups is 3. The molecule has 164 valence electrons. The van der Waals surface area contributed by atoms with Gasteiger partial charge in [-0.2, -0.15) is 5.10 Å². The number of rotatable bonds is 6. The number of fused-ring (bicyclic) bond motifs is 1. The van der Waals surface area contributed by atoms with Crippen molar-refractivity contribution in [2.24, 2.45) is 0 Å². The van der Waals surface area contributed by atoms with Crippen molar-refractivity contribution in [1.82, 2.24) is 9.78 Å². The summed E-state index contributed by atoms with van der Waals surface area (Å²) in [4.78, 5) is 36.4. The molecule has 0 fully saturated rings. The van der Waals surface area contributed by atoms with E-state index in [1.165, 1.54) is 6.92 Å². The first-order valence-corrected chi connectivity index (χ1v) is 10.1. The number of aromatic nitrogens is 2. The minimum atomic E-state index is -0.748. The molecule has 0 radical (unpaired) electrons. The van der Waals surface area contributed by atoms with E-state index in [1.807, 2.05) is 31.2 Å². The summed E-state index contributed by atoms with van der Waals surface area (Å²) >= 11 is 0. The maximum Gasteiger partial charge on any atom is 0.251 e. The number of methoxy groups -OCH3 is 1. The molecule has 1 atom stereocenters. The molecule has 4 rings (SSSR count). The van der Waals surface area contributed by atoms with Crippen LogP contribution in [-0.2, 0) is 14.4 Å². The Morgan fingerprint density at radius 3 is 2.47 bits per heavy atom. The molecule has 0 saturated heterocycles. The Morgan fingerprint density at radius 1 is 1.12 bits per heavy atom. The molecule has 1 aromatic heterocycles. The van der Waals surface area contributed by atoms with Gasteiger partial charge in [-0.1, -0.05) is 12.1 Å². The predicted octanol–water partition coefficient (Wildman–Crippen LogP) is 3.35. The van der Waals surface area contributed by atoms with Crippen molar-refractivity contribution in [3.63, 3.8) is 0 Å². The zero-order chi connectivity index (χ0) is 22.8. The number of aryl methyl sites for hydroxylation is 1. The van der Waals surface area contributed by atoms with Crippen LogP contribution < -0.4 is 20.7 Å². The normalized spacial score (nSPS) is 14.5. The van der Waals surface area contributed by atoms with Crippen molar-refractivity contribution < 1.29 is 19.1 Å². The Bertz CT molecular complexity index is 1200. The molecule has 3 aromatic rings. The molecule has 9 heteroatoms. The van der Waals surface area contributed by atoms with Crippen LogP contribution in [-0.4, -0.2) is 34.6 Å². The van der Waals surface area contributed by atoms with E-state index >= 15 is 0 Å². The molecule has 0 spiro atoms. The lowest BCUT2D eigenvalue weighted by Crippen LogP contribution is -2.23. The molecule has 2 heterocycles. The van der Waals surface area contributed by atoms with Gasteiger partial charge >= 0.3 is 0 Å². The van der Waals surface area contributed by atoms with Crippen LogP contribution in [0.25, 0.3) is 11.1 Å². The van der Waals surface area contributed by atoms with Gasteiger partial charge in [-0.3, -0.25) is 14.4 Å². The maximum absolute atomic E-state index is 12.6. The molecule has 3 amide bonds. The fraction of sp³-hybridized carbons (Fsp3) is 0.217. The van der Waals surface area contributed by atoms with E-state index in [2.05, 4.69) is 21.0 Å². The molecule has 1 aliphatic heterocycles. The van der Waals surface area contributed by atoms with Gasteiger partial charge in [-0.15, -0.1) is 0 Å². The summed E-state index contributed by atoms with van der Waals surface area (Å²) in [7, 11) is 1.60. The number of nitrogens with one attached hydrogen (secondary N) is 3. The summed E-state index contributed by atoms with van der Waals surface area (Å²) in [5.74, 6) is 0.492. The van der Waals surface area contributed by atoms with Gasteiger partial charge in [0.05, 0.1) is 19.2 Å². The third-order valence-corrected chi connectivity index (χ3v) is 5.15. The molecule has 3 N–H and O–H groups in total. The minimum Gasteiger partial charge on any atom is -0.497 e. The molecule has 32 heavy (non-hydrogen) atoms. The summed E-state index contributed by atoms with van der Waals surface area (Å²) in [6.45, 7) is 3.29. The van der Waals surface area contributed by atoms with E-state index in [9.17, 15) is 14.4 Å². The van der Waals surface area contributed by atoms with Gasteiger partial charge in [0.25, 0.3) is 5.91 Å². The molecule has 1 aliphatic rings. The SMILES string of the molecule is COc1cccc(-c2c(C)nn3c2NC(=O)C3CC(=O)Nc2ccc(NC(C)=O)cc2)c1. The van der Waals surface area contributed by atoms with Gasteiger partial charge in [-0.25, -0.2) is 4.68 Å². The van der Waals surface area contributed by atoms with Crippen molar-refractivity contribution in [3.05, 3.63) is 54.2 Å². The smallest absolute Gasteiger partial charge is 0.251 e. The van der Waals surface area contributed by atoms with Crippen LogP contribution in [0.15, 0.2) is 48.5 Å². The van der Waals surface area contributed by atoms with Crippen molar-refractivity contribution in [2.75, 3.05) is 23.1 Å². The number of nitrogens with zero attached hydrogens (tertiary/aromatic N) is 2. The second-order valence-corrected chi connectivity index (χ2v) is 7.50. The second kappa shape index (κ2) is 8.54. The zero-order valence-electron chi connectivity index (χ0n) is 17.9. The van der Waals surface area contributed by atoms with Gasteiger partial charge in [0.15, 0.2) is 0 Å². The van der Waals surface area contributed by atoms with Gasteiger partial charge < -0.3 is 20.7 Å². The van der Waals surface area contributed by atoms with Gasteiger partial charge in [0, 0.05) is 23.9 Å². The highest BCUT2D eigenvalue weighted by atomic mass is 16.5. The monoisotopic (exact) mass is 433 g/mol. The fourth-order valence-electron chi connectivity index (χ4n) is 3.74. The van der Waals surface area contributed by atoms with E-state index in [4.69, 9.17) is 4.74 Å². The summed E-state index contributed by atoms with van der Waals surface area (Å²) in [5.41, 5.74) is 3.61. The van der Waals surface area contributed by atoms with Crippen LogP contribution in [0, 0.1) is 6.92 Å². The summed E-state index contributed by atoms with van der Waals surface area (Å²) in [6, 6.07) is 13.5. The summed E-state index contributed by atoms with van der Waals surface area (Å²) in [5, 5.41) is 12.8. The van der Waals surface area contributed by atoms with E-state index in [0.717, 1.165) is 16.8 Å². The van der Waals surface area contributed by atoms with Crippen LogP contribution in [0.3, 0.4) is 0 Å². The van der Waals surface area contributed by atoms with Gasteiger partial charge in [-0.05, 0) is 48.9 Å². The Labute approximate surface area is 184 Å². The second-order valence-electron chi connectivity index (χ2n) is 7.50. The highest BCUT2D eigenvalue weighted by Gasteiger charge is 2.36. The van der Waals surface area contributed by atoms with E-state index < -0.39 is 6.04 Å². The lowest BCUT2D eigenvalue weighted by Gasteiger charge is -2.10. The van der Waals surface area contributed by atoms with Gasteiger partial charge in [0.2, 0.25) is 11.8 Å². The van der Waals surface area contributed by atoms with Crippen LogP contribution in [0.2, 0.25) is 0 Å². The number of anilines is 3. The molecule has 0 bridgehead atoms. The third kappa shape index (κ3) is 4.18. The first kappa shape index (κ1) is 21.1. The van der Waals surface area contributed by atoms with E-state index in [0.29, 0.717) is 22.9 Å². The highest BCUT2D eigenvalue weighted by molar-refractivity contribution is 6.04. The maximum atomic E-state index is 12.6. The summed E-state index contributed by atoms with van der Waals surface area (Å²) in [6.07, 6.45) is -0.0645. The zero-order valence-corrected chi connectivity index (χ0v) is 17.9. The Balaban J connectivity index is 1.51. The summed E-state index contributed by atoms with van der Waals surface area (Å²) < 4.78 is 6.88. The largest absolute Gasteiger partial charge is 0.497 e. The first-order chi connectivity index (χ1) is 15.4. The number of ether oxygens (including phenoxy) is 1. The molecular formula is C23H23N5O4. The first-order valence-electron chi connectivity index (χ1n) is 10.1. The quantitative estimate of drug-likeness (QED) is 0.552. The standard InChI is InChI=1S/C23H23N5O4/c1-13-21(15-5-4-6-18(11-15)32-3)22-26-23(31)19(28(22)27-13)12-20(30)25-17-9-7-16(8-10-17)24-14(2)29/h4-11,19H,12H2,1-3H3,(H,24,29)(H,25,30)(H,26,31). The van der Waals surface area contributed by atoms with Crippen LogP contribution >= 0.6 is 0 Å². The van der Waals surface area contributed by atoms with Crippen molar-refractivity contribution in [3.8, 4) is 16.9 Å². The number of hydrogen-bond donors (Lipinski definition) is 3. The van der Waals surface area contributed by atoms with Crippen molar-refractivity contribution >= 4 is 34.9 Å². The van der Waals surface area contributed by atoms with E-state index in [1.54, 1.807) is 36.1 Å². The topological polar surface area (TPSA) is 114 Å². The number of benzene rings is 2. The Morgan fingerprint density at radius 2 is 1.81 bits per heavy atom. The molecule has 2 aromatic carbocycles. The molecule has 9 nitrogen and oxygen atoms in total. The average Bonchev–Trinajstić information content (AvgIpc) is 3.22. The number of hydrogen-bond acceptors (Lipinski definition) is 5. The van der Waals surface area contributed by atoms with Gasteiger partial charge in [0.1, 0.15) is 17.6 Å². The minimum absolute atomic E-state index is 0.0645. The lowest BCUT2D eigenvalue weighted by molar-refractivity contribution is -0.123. The van der Waals surface area contributed by atoms with Crippen LogP contribution in [0.1, 0.15) is 25.1 Å².